The van der Waals surface area contributed by atoms with Gasteiger partial charge >= 0.3 is 0 Å². The highest BCUT2D eigenvalue weighted by Gasteiger charge is 2.34. The van der Waals surface area contributed by atoms with Gasteiger partial charge in [-0.05, 0) is 47.3 Å². The SMILES string of the molecule is O=C(NC1CCN(C2CC2)C1)c1cccc(Br)c1Cl. The number of halogens is 2. The molecule has 0 radical (unpaired) electrons. The van der Waals surface area contributed by atoms with E-state index in [4.69, 9.17) is 11.6 Å². The van der Waals surface area contributed by atoms with Crippen molar-refractivity contribution in [1.82, 2.24) is 10.2 Å². The second-order valence-electron chi connectivity index (χ2n) is 5.29. The number of carbonyl (C=O) groups excluding carboxylic acids is 1. The summed E-state index contributed by atoms with van der Waals surface area (Å²) in [6.07, 6.45) is 3.67. The van der Waals surface area contributed by atoms with Gasteiger partial charge in [0.2, 0.25) is 0 Å². The average Bonchev–Trinajstić information content (AvgIpc) is 3.14. The van der Waals surface area contributed by atoms with Crippen molar-refractivity contribution in [2.24, 2.45) is 0 Å². The van der Waals surface area contributed by atoms with Crippen molar-refractivity contribution >= 4 is 33.4 Å². The fraction of sp³-hybridized carbons (Fsp3) is 0.500. The quantitative estimate of drug-likeness (QED) is 0.915. The summed E-state index contributed by atoms with van der Waals surface area (Å²) in [6.45, 7) is 2.07. The second-order valence-corrected chi connectivity index (χ2v) is 6.52. The third-order valence-corrected chi connectivity index (χ3v) is 5.11. The Morgan fingerprint density at radius 1 is 1.37 bits per heavy atom. The molecule has 3 nitrogen and oxygen atoms in total. The predicted molar refractivity (Wildman–Crippen MR) is 79.6 cm³/mol. The number of hydrogen-bond acceptors (Lipinski definition) is 2. The molecule has 19 heavy (non-hydrogen) atoms. The standard InChI is InChI=1S/C14H16BrClN2O/c15-12-3-1-2-11(13(12)16)14(19)17-9-6-7-18(8-9)10-4-5-10/h1-3,9-10H,4-8H2,(H,17,19). The predicted octanol–water partition coefficient (Wildman–Crippen LogP) is 3.07. The molecule has 1 aliphatic heterocycles. The zero-order valence-corrected chi connectivity index (χ0v) is 12.9. The molecule has 1 aliphatic carbocycles. The minimum absolute atomic E-state index is 0.0750. The summed E-state index contributed by atoms with van der Waals surface area (Å²) in [5.74, 6) is -0.0750. The highest BCUT2D eigenvalue weighted by Crippen LogP contribution is 2.30. The van der Waals surface area contributed by atoms with Gasteiger partial charge in [0.25, 0.3) is 5.91 Å². The molecule has 3 rings (SSSR count). The molecule has 1 heterocycles. The molecule has 0 aromatic heterocycles. The number of likely N-dealkylation sites (tertiary alicyclic amines) is 1. The Hall–Kier alpha value is -0.580. The van der Waals surface area contributed by atoms with Crippen LogP contribution in [0.2, 0.25) is 5.02 Å². The second kappa shape index (κ2) is 5.43. The van der Waals surface area contributed by atoms with Gasteiger partial charge in [-0.3, -0.25) is 9.69 Å². The van der Waals surface area contributed by atoms with Gasteiger partial charge in [0.05, 0.1) is 10.6 Å². The van der Waals surface area contributed by atoms with E-state index in [0.717, 1.165) is 30.0 Å². The number of amides is 1. The first-order chi connectivity index (χ1) is 9.15. The summed E-state index contributed by atoms with van der Waals surface area (Å²) >= 11 is 9.49. The van der Waals surface area contributed by atoms with E-state index < -0.39 is 0 Å². The normalized spacial score (nSPS) is 23.6. The zero-order chi connectivity index (χ0) is 13.4. The van der Waals surface area contributed by atoms with Crippen LogP contribution in [0, 0.1) is 0 Å². The molecular formula is C14H16BrClN2O. The molecule has 0 bridgehead atoms. The van der Waals surface area contributed by atoms with Crippen molar-refractivity contribution in [2.75, 3.05) is 13.1 Å². The minimum Gasteiger partial charge on any atom is -0.348 e. The largest absolute Gasteiger partial charge is 0.348 e. The van der Waals surface area contributed by atoms with Crippen LogP contribution in [0.15, 0.2) is 22.7 Å². The lowest BCUT2D eigenvalue weighted by atomic mass is 10.2. The third-order valence-electron chi connectivity index (χ3n) is 3.81. The van der Waals surface area contributed by atoms with E-state index in [-0.39, 0.29) is 11.9 Å². The first-order valence-electron chi connectivity index (χ1n) is 6.64. The van der Waals surface area contributed by atoms with Gasteiger partial charge in [-0.1, -0.05) is 17.7 Å². The van der Waals surface area contributed by atoms with E-state index in [1.807, 2.05) is 12.1 Å². The van der Waals surface area contributed by atoms with E-state index in [1.165, 1.54) is 12.8 Å². The molecule has 0 spiro atoms. The maximum absolute atomic E-state index is 12.2. The molecule has 1 atom stereocenters. The maximum Gasteiger partial charge on any atom is 0.253 e. The van der Waals surface area contributed by atoms with Crippen molar-refractivity contribution in [2.45, 2.75) is 31.3 Å². The molecule has 2 fully saturated rings. The number of carbonyl (C=O) groups is 1. The van der Waals surface area contributed by atoms with E-state index in [2.05, 4.69) is 26.1 Å². The summed E-state index contributed by atoms with van der Waals surface area (Å²) in [5, 5.41) is 3.57. The summed E-state index contributed by atoms with van der Waals surface area (Å²) in [7, 11) is 0. The molecule has 5 heteroatoms. The van der Waals surface area contributed by atoms with E-state index >= 15 is 0 Å². The molecule has 1 amide bonds. The average molecular weight is 344 g/mol. The van der Waals surface area contributed by atoms with Crippen molar-refractivity contribution in [1.29, 1.82) is 0 Å². The van der Waals surface area contributed by atoms with Crippen molar-refractivity contribution < 1.29 is 4.79 Å². The highest BCUT2D eigenvalue weighted by atomic mass is 79.9. The Labute approximate surface area is 126 Å². The monoisotopic (exact) mass is 342 g/mol. The molecular weight excluding hydrogens is 328 g/mol. The van der Waals surface area contributed by atoms with Crippen LogP contribution in [-0.4, -0.2) is 36.0 Å². The fourth-order valence-corrected chi connectivity index (χ4v) is 3.20. The smallest absolute Gasteiger partial charge is 0.253 e. The molecule has 1 saturated carbocycles. The Kier molecular flexibility index (Phi) is 3.83. The molecule has 2 aliphatic rings. The van der Waals surface area contributed by atoms with Crippen molar-refractivity contribution in [3.05, 3.63) is 33.3 Å². The van der Waals surface area contributed by atoms with Gasteiger partial charge in [0.15, 0.2) is 0 Å². The third kappa shape index (κ3) is 2.96. The molecule has 1 aromatic rings. The Bertz CT molecular complexity index is 504. The molecule has 1 saturated heterocycles. The van der Waals surface area contributed by atoms with E-state index in [0.29, 0.717) is 10.6 Å². The van der Waals surface area contributed by atoms with Gasteiger partial charge in [-0.2, -0.15) is 0 Å². The van der Waals surface area contributed by atoms with Crippen molar-refractivity contribution in [3.8, 4) is 0 Å². The van der Waals surface area contributed by atoms with Gasteiger partial charge in [-0.25, -0.2) is 0 Å². The molecule has 1 unspecified atom stereocenters. The lowest BCUT2D eigenvalue weighted by Gasteiger charge is -2.16. The Balaban J connectivity index is 1.63. The van der Waals surface area contributed by atoms with Crippen LogP contribution in [-0.2, 0) is 0 Å². The van der Waals surface area contributed by atoms with Gasteiger partial charge in [-0.15, -0.1) is 0 Å². The van der Waals surface area contributed by atoms with Crippen LogP contribution < -0.4 is 5.32 Å². The number of rotatable bonds is 3. The number of benzene rings is 1. The lowest BCUT2D eigenvalue weighted by Crippen LogP contribution is -2.37. The highest BCUT2D eigenvalue weighted by molar-refractivity contribution is 9.10. The number of nitrogens with zero attached hydrogens (tertiary/aromatic N) is 1. The van der Waals surface area contributed by atoms with Crippen LogP contribution in [0.4, 0.5) is 0 Å². The zero-order valence-electron chi connectivity index (χ0n) is 10.5. The molecule has 102 valence electrons. The molecule has 1 N–H and O–H groups in total. The number of nitrogens with one attached hydrogen (secondary N) is 1. The molecule has 1 aromatic carbocycles. The minimum atomic E-state index is -0.0750. The number of hydrogen-bond donors (Lipinski definition) is 1. The van der Waals surface area contributed by atoms with Crippen LogP contribution in [0.3, 0.4) is 0 Å². The first kappa shape index (κ1) is 13.4. The summed E-state index contributed by atoms with van der Waals surface area (Å²) in [6, 6.07) is 6.45. The van der Waals surface area contributed by atoms with Crippen LogP contribution in [0.25, 0.3) is 0 Å². The topological polar surface area (TPSA) is 32.3 Å². The van der Waals surface area contributed by atoms with Crippen LogP contribution >= 0.6 is 27.5 Å². The fourth-order valence-electron chi connectivity index (χ4n) is 2.62. The summed E-state index contributed by atoms with van der Waals surface area (Å²) in [4.78, 5) is 14.7. The summed E-state index contributed by atoms with van der Waals surface area (Å²) < 4.78 is 0.757. The Morgan fingerprint density at radius 3 is 2.89 bits per heavy atom. The van der Waals surface area contributed by atoms with Crippen molar-refractivity contribution in [3.63, 3.8) is 0 Å². The summed E-state index contributed by atoms with van der Waals surface area (Å²) in [5.41, 5.74) is 0.543. The maximum atomic E-state index is 12.2. The first-order valence-corrected chi connectivity index (χ1v) is 7.81. The Morgan fingerprint density at radius 2 is 2.16 bits per heavy atom. The van der Waals surface area contributed by atoms with Crippen LogP contribution in [0.5, 0.6) is 0 Å². The van der Waals surface area contributed by atoms with E-state index in [9.17, 15) is 4.79 Å². The lowest BCUT2D eigenvalue weighted by molar-refractivity contribution is 0.0937. The van der Waals surface area contributed by atoms with Crippen LogP contribution in [0.1, 0.15) is 29.6 Å². The van der Waals surface area contributed by atoms with Gasteiger partial charge in [0, 0.05) is 29.6 Å². The van der Waals surface area contributed by atoms with Gasteiger partial charge < -0.3 is 5.32 Å². The van der Waals surface area contributed by atoms with Gasteiger partial charge in [0.1, 0.15) is 0 Å². The van der Waals surface area contributed by atoms with E-state index in [1.54, 1.807) is 6.07 Å².